The van der Waals surface area contributed by atoms with E-state index in [0.29, 0.717) is 86.0 Å². The van der Waals surface area contributed by atoms with Crippen LogP contribution in [-0.2, 0) is 0 Å². The minimum Gasteiger partial charge on any atom is -0.308 e. The number of fused-ring (bicyclic) bond motifs is 6. The summed E-state index contributed by atoms with van der Waals surface area (Å²) in [6.07, 6.45) is 0. The van der Waals surface area contributed by atoms with E-state index in [1.165, 1.54) is 0 Å². The van der Waals surface area contributed by atoms with E-state index in [1.54, 1.807) is 0 Å². The molecule has 16 rings (SSSR count). The molecule has 0 aliphatic rings. The van der Waals surface area contributed by atoms with Crippen LogP contribution in [0.25, 0.3) is 157 Å². The van der Waals surface area contributed by atoms with Crippen molar-refractivity contribution in [3.05, 3.63) is 284 Å². The summed E-state index contributed by atoms with van der Waals surface area (Å²) in [6, 6.07) is 94.7. The third-order valence-corrected chi connectivity index (χ3v) is 16.1. The highest BCUT2D eigenvalue weighted by Gasteiger charge is 2.25. The third kappa shape index (κ3) is 9.41. The zero-order valence-corrected chi connectivity index (χ0v) is 47.8. The Labute approximate surface area is 515 Å². The van der Waals surface area contributed by atoms with Crippen molar-refractivity contribution >= 4 is 43.6 Å². The van der Waals surface area contributed by atoms with Crippen LogP contribution in [0.5, 0.6) is 0 Å². The molecule has 0 aliphatic heterocycles. The van der Waals surface area contributed by atoms with Crippen LogP contribution < -0.4 is 0 Å². The highest BCUT2D eigenvalue weighted by Crippen LogP contribution is 2.42. The molecule has 0 amide bonds. The van der Waals surface area contributed by atoms with Crippen LogP contribution in [0.3, 0.4) is 0 Å². The maximum absolute atomic E-state index is 10.7. The van der Waals surface area contributed by atoms with Gasteiger partial charge in [-0.15, -0.1) is 0 Å². The van der Waals surface area contributed by atoms with Crippen LogP contribution in [0.15, 0.2) is 273 Å². The quantitative estimate of drug-likeness (QED) is 0.121. The van der Waals surface area contributed by atoms with Gasteiger partial charge in [-0.05, 0) is 60.7 Å². The van der Waals surface area contributed by atoms with E-state index in [0.717, 1.165) is 82.6 Å². The number of aromatic nitrogens is 11. The summed E-state index contributed by atoms with van der Waals surface area (Å²) in [5, 5.41) is 25.5. The molecule has 16 aromatic rings. The molecule has 13 heteroatoms. The molecule has 0 N–H and O–H groups in total. The smallest absolute Gasteiger partial charge is 0.166 e. The van der Waals surface area contributed by atoms with Gasteiger partial charge < -0.3 is 9.13 Å². The van der Waals surface area contributed by atoms with Gasteiger partial charge in [-0.3, -0.25) is 0 Å². The molecular formula is C77H45N13. The molecule has 0 spiro atoms. The molecular weight excluding hydrogens is 1110 g/mol. The fourth-order valence-corrected chi connectivity index (χ4v) is 11.9. The molecule has 418 valence electrons. The number of nitriles is 2. The summed E-state index contributed by atoms with van der Waals surface area (Å²) in [6.45, 7) is 0. The summed E-state index contributed by atoms with van der Waals surface area (Å²) >= 11 is 0. The Bertz CT molecular complexity index is 5120. The Balaban J connectivity index is 0.909. The maximum atomic E-state index is 10.7. The molecule has 5 aromatic heterocycles. The molecule has 0 saturated carbocycles. The predicted molar refractivity (Wildman–Crippen MR) is 354 cm³/mol. The van der Waals surface area contributed by atoms with Crippen LogP contribution in [0.2, 0.25) is 0 Å². The summed E-state index contributed by atoms with van der Waals surface area (Å²) in [5.74, 6) is 4.22. The predicted octanol–water partition coefficient (Wildman–Crippen LogP) is 17.2. The van der Waals surface area contributed by atoms with Crippen LogP contribution in [0.1, 0.15) is 11.1 Å². The molecule has 0 aliphatic carbocycles. The highest BCUT2D eigenvalue weighted by atomic mass is 15.1. The van der Waals surface area contributed by atoms with Crippen LogP contribution in [-0.4, -0.2) is 54.0 Å². The van der Waals surface area contributed by atoms with Crippen LogP contribution in [0.4, 0.5) is 0 Å². The topological polar surface area (TPSA) is 173 Å². The Morgan fingerprint density at radius 2 is 0.489 bits per heavy atom. The van der Waals surface area contributed by atoms with Gasteiger partial charge in [-0.2, -0.15) is 10.5 Å². The fourth-order valence-electron chi connectivity index (χ4n) is 11.9. The van der Waals surface area contributed by atoms with E-state index in [1.807, 2.05) is 212 Å². The van der Waals surface area contributed by atoms with Gasteiger partial charge >= 0.3 is 0 Å². The average molecular weight is 1150 g/mol. The first-order valence-corrected chi connectivity index (χ1v) is 29.2. The first-order chi connectivity index (χ1) is 44.5. The molecule has 0 saturated heterocycles. The molecule has 13 nitrogen and oxygen atoms in total. The molecule has 11 aromatic carbocycles. The highest BCUT2D eigenvalue weighted by molar-refractivity contribution is 6.12. The van der Waals surface area contributed by atoms with Crippen molar-refractivity contribution < 1.29 is 0 Å². The summed E-state index contributed by atoms with van der Waals surface area (Å²) in [4.78, 5) is 46.6. The zero-order chi connectivity index (χ0) is 60.1. The van der Waals surface area contributed by atoms with Crippen molar-refractivity contribution in [2.24, 2.45) is 0 Å². The summed E-state index contributed by atoms with van der Waals surface area (Å²) < 4.78 is 4.40. The van der Waals surface area contributed by atoms with E-state index in [-0.39, 0.29) is 0 Å². The first kappa shape index (κ1) is 52.6. The number of benzene rings is 11. The molecule has 5 heterocycles. The van der Waals surface area contributed by atoms with E-state index < -0.39 is 0 Å². The monoisotopic (exact) mass is 1150 g/mol. The van der Waals surface area contributed by atoms with E-state index in [4.69, 9.17) is 44.9 Å². The number of para-hydroxylation sites is 2. The van der Waals surface area contributed by atoms with Crippen molar-refractivity contribution in [3.63, 3.8) is 0 Å². The number of hydrogen-bond donors (Lipinski definition) is 0. The lowest BCUT2D eigenvalue weighted by atomic mass is 10.1. The van der Waals surface area contributed by atoms with Gasteiger partial charge in [-0.25, -0.2) is 44.9 Å². The van der Waals surface area contributed by atoms with Crippen LogP contribution in [0, 0.1) is 22.7 Å². The van der Waals surface area contributed by atoms with E-state index in [2.05, 4.69) is 81.9 Å². The zero-order valence-electron chi connectivity index (χ0n) is 47.8. The van der Waals surface area contributed by atoms with Gasteiger partial charge in [0.25, 0.3) is 0 Å². The average Bonchev–Trinajstić information content (AvgIpc) is 1.64. The van der Waals surface area contributed by atoms with Gasteiger partial charge in [0.15, 0.2) is 52.4 Å². The van der Waals surface area contributed by atoms with Gasteiger partial charge in [-0.1, -0.05) is 212 Å². The van der Waals surface area contributed by atoms with Crippen molar-refractivity contribution in [2.45, 2.75) is 0 Å². The number of rotatable bonds is 11. The summed E-state index contributed by atoms with van der Waals surface area (Å²) in [7, 11) is 0. The Kier molecular flexibility index (Phi) is 12.9. The third-order valence-electron chi connectivity index (χ3n) is 16.1. The van der Waals surface area contributed by atoms with Gasteiger partial charge in [0.1, 0.15) is 0 Å². The SMILES string of the molecule is N#Cc1ccc(-n2c3ccccc3c3ccc(-c4nc(-c5ccccc5)nc(-c5ccccc5)n4)cc32)c(-c2nc(-c3ccccc3)nc(-c3cc(C#N)ccc3-n3c4ccccc4c4ccc(-c5nc(-c6ccccc6)nc(-c6ccccc6)n5)cc43)n2)c1. The molecule has 0 bridgehead atoms. The lowest BCUT2D eigenvalue weighted by Gasteiger charge is -2.17. The van der Waals surface area contributed by atoms with Gasteiger partial charge in [0, 0.05) is 71.6 Å². The molecule has 0 fully saturated rings. The van der Waals surface area contributed by atoms with Gasteiger partial charge in [0.2, 0.25) is 0 Å². The van der Waals surface area contributed by atoms with Gasteiger partial charge in [0.05, 0.1) is 56.7 Å². The lowest BCUT2D eigenvalue weighted by Crippen LogP contribution is -2.06. The fraction of sp³-hybridized carbons (Fsp3) is 0. The Morgan fingerprint density at radius 1 is 0.222 bits per heavy atom. The van der Waals surface area contributed by atoms with Crippen molar-refractivity contribution in [1.29, 1.82) is 10.5 Å². The van der Waals surface area contributed by atoms with Crippen molar-refractivity contribution in [1.82, 2.24) is 54.0 Å². The standard InChI is InChI=1S/C77H45N13/c78-46-48-34-40-65(89-63-32-18-16-30-57(63)59-38-36-55(44-67(59)89)74-82-69(50-20-6-1-7-21-50)80-70(83-74)51-22-8-2-9-23-51)61(42-48)76-86-73(54-28-14-5-15-29-54)87-77(88-76)62-43-49(47-79)35-41-66(62)90-64-33-19-17-31-58(64)60-39-37-56(45-68(60)90)75-84-71(52-24-10-3-11-25-52)81-72(85-75)53-26-12-4-13-27-53/h1-45H. The minimum absolute atomic E-state index is 0.307. The van der Waals surface area contributed by atoms with E-state index >= 15 is 0 Å². The molecule has 0 radical (unpaired) electrons. The second-order valence-electron chi connectivity index (χ2n) is 21.6. The molecule has 90 heavy (non-hydrogen) atoms. The maximum Gasteiger partial charge on any atom is 0.166 e. The second-order valence-corrected chi connectivity index (χ2v) is 21.6. The summed E-state index contributed by atoms with van der Waals surface area (Å²) in [5.41, 5.74) is 12.7. The van der Waals surface area contributed by atoms with Crippen LogP contribution >= 0.6 is 0 Å². The normalized spacial score (nSPS) is 11.3. The minimum atomic E-state index is 0.307. The molecule has 0 unspecified atom stereocenters. The molecule has 0 atom stereocenters. The largest absolute Gasteiger partial charge is 0.308 e. The van der Waals surface area contributed by atoms with Crippen molar-refractivity contribution in [3.8, 4) is 126 Å². The Morgan fingerprint density at radius 3 is 0.811 bits per heavy atom. The Hall–Kier alpha value is -13.0. The first-order valence-electron chi connectivity index (χ1n) is 29.2. The lowest BCUT2D eigenvalue weighted by molar-refractivity contribution is 1.05. The van der Waals surface area contributed by atoms with E-state index in [9.17, 15) is 10.5 Å². The van der Waals surface area contributed by atoms with Crippen molar-refractivity contribution in [2.75, 3.05) is 0 Å². The second kappa shape index (κ2) is 22.1. The number of hydrogen-bond acceptors (Lipinski definition) is 11. The number of nitrogens with zero attached hydrogens (tertiary/aromatic N) is 13.